The molecule has 3 N–H and O–H groups in total. The van der Waals surface area contributed by atoms with Crippen LogP contribution in [0, 0.1) is 0 Å². The molecule has 0 aliphatic heterocycles. The molecule has 102 valence electrons. The minimum Gasteiger partial charge on any atom is -0.383 e. The van der Waals surface area contributed by atoms with Crippen LogP contribution < -0.4 is 11.1 Å². The first-order chi connectivity index (χ1) is 8.51. The SMILES string of the molecule is NCCc1ccc(NCCOCC(F)(F)F)cc1. The van der Waals surface area contributed by atoms with Gasteiger partial charge in [0.05, 0.1) is 6.61 Å². The van der Waals surface area contributed by atoms with Crippen LogP contribution in [-0.4, -0.2) is 32.5 Å². The quantitative estimate of drug-likeness (QED) is 0.740. The van der Waals surface area contributed by atoms with Crippen molar-refractivity contribution in [3.63, 3.8) is 0 Å². The summed E-state index contributed by atoms with van der Waals surface area (Å²) in [6.45, 7) is -0.251. The molecule has 0 heterocycles. The number of ether oxygens (including phenoxy) is 1. The average Bonchev–Trinajstić information content (AvgIpc) is 2.30. The summed E-state index contributed by atoms with van der Waals surface area (Å²) >= 11 is 0. The van der Waals surface area contributed by atoms with E-state index in [1.807, 2.05) is 24.3 Å². The molecule has 6 heteroatoms. The van der Waals surface area contributed by atoms with Crippen molar-refractivity contribution in [1.29, 1.82) is 0 Å². The van der Waals surface area contributed by atoms with E-state index in [2.05, 4.69) is 10.1 Å². The molecule has 18 heavy (non-hydrogen) atoms. The lowest BCUT2D eigenvalue weighted by molar-refractivity contribution is -0.172. The zero-order valence-electron chi connectivity index (χ0n) is 9.96. The summed E-state index contributed by atoms with van der Waals surface area (Å²) in [6.07, 6.45) is -3.45. The number of nitrogens with two attached hydrogens (primary N) is 1. The molecular formula is C12H17F3N2O. The summed E-state index contributed by atoms with van der Waals surface area (Å²) in [6, 6.07) is 7.61. The van der Waals surface area contributed by atoms with Gasteiger partial charge in [-0.2, -0.15) is 13.2 Å². The van der Waals surface area contributed by atoms with Crippen molar-refractivity contribution < 1.29 is 17.9 Å². The third kappa shape index (κ3) is 6.46. The van der Waals surface area contributed by atoms with Crippen LogP contribution in [-0.2, 0) is 11.2 Å². The van der Waals surface area contributed by atoms with E-state index >= 15 is 0 Å². The Morgan fingerprint density at radius 2 is 1.83 bits per heavy atom. The van der Waals surface area contributed by atoms with Gasteiger partial charge in [-0.3, -0.25) is 0 Å². The second kappa shape index (κ2) is 7.23. The molecule has 0 radical (unpaired) electrons. The molecule has 0 fully saturated rings. The van der Waals surface area contributed by atoms with Gasteiger partial charge in [0.15, 0.2) is 0 Å². The second-order valence-corrected chi connectivity index (χ2v) is 3.83. The molecule has 0 amide bonds. The standard InChI is InChI=1S/C12H17F3N2O/c13-12(14,15)9-18-8-7-17-11-3-1-10(2-4-11)5-6-16/h1-4,17H,5-9,16H2. The fourth-order valence-electron chi connectivity index (χ4n) is 1.41. The van der Waals surface area contributed by atoms with E-state index in [4.69, 9.17) is 5.73 Å². The third-order valence-electron chi connectivity index (χ3n) is 2.23. The molecule has 0 atom stereocenters. The van der Waals surface area contributed by atoms with Crippen LogP contribution in [0.1, 0.15) is 5.56 Å². The Morgan fingerprint density at radius 3 is 2.39 bits per heavy atom. The molecule has 0 spiro atoms. The lowest BCUT2D eigenvalue weighted by Crippen LogP contribution is -2.20. The van der Waals surface area contributed by atoms with E-state index in [9.17, 15) is 13.2 Å². The molecule has 0 bridgehead atoms. The van der Waals surface area contributed by atoms with Gasteiger partial charge in [0.1, 0.15) is 6.61 Å². The highest BCUT2D eigenvalue weighted by atomic mass is 19.4. The molecule has 0 aliphatic rings. The van der Waals surface area contributed by atoms with Crippen molar-refractivity contribution in [1.82, 2.24) is 0 Å². The van der Waals surface area contributed by atoms with Gasteiger partial charge in [-0.1, -0.05) is 12.1 Å². The Balaban J connectivity index is 2.19. The smallest absolute Gasteiger partial charge is 0.383 e. The summed E-state index contributed by atoms with van der Waals surface area (Å²) in [5.74, 6) is 0. The summed E-state index contributed by atoms with van der Waals surface area (Å²) in [5, 5.41) is 2.98. The van der Waals surface area contributed by atoms with Gasteiger partial charge in [-0.05, 0) is 30.7 Å². The van der Waals surface area contributed by atoms with Crippen LogP contribution in [0.3, 0.4) is 0 Å². The number of halogens is 3. The van der Waals surface area contributed by atoms with E-state index in [0.717, 1.165) is 17.7 Å². The highest BCUT2D eigenvalue weighted by molar-refractivity contribution is 5.44. The van der Waals surface area contributed by atoms with E-state index in [1.54, 1.807) is 0 Å². The number of anilines is 1. The maximum Gasteiger partial charge on any atom is 0.411 e. The van der Waals surface area contributed by atoms with Crippen molar-refractivity contribution in [2.45, 2.75) is 12.6 Å². The molecule has 0 saturated carbocycles. The van der Waals surface area contributed by atoms with Crippen LogP contribution in [0.5, 0.6) is 0 Å². The summed E-state index contributed by atoms with van der Waals surface area (Å²) in [4.78, 5) is 0. The van der Waals surface area contributed by atoms with Crippen LogP contribution in [0.15, 0.2) is 24.3 Å². The van der Waals surface area contributed by atoms with Crippen molar-refractivity contribution in [2.75, 3.05) is 31.6 Å². The van der Waals surface area contributed by atoms with Gasteiger partial charge in [0.2, 0.25) is 0 Å². The van der Waals surface area contributed by atoms with Gasteiger partial charge in [-0.25, -0.2) is 0 Å². The number of nitrogens with one attached hydrogen (secondary N) is 1. The Labute approximate surface area is 104 Å². The van der Waals surface area contributed by atoms with E-state index in [0.29, 0.717) is 13.1 Å². The maximum absolute atomic E-state index is 11.8. The molecule has 1 rings (SSSR count). The topological polar surface area (TPSA) is 47.3 Å². The zero-order valence-corrected chi connectivity index (χ0v) is 9.96. The molecule has 1 aromatic rings. The average molecular weight is 262 g/mol. The van der Waals surface area contributed by atoms with Crippen LogP contribution in [0.4, 0.5) is 18.9 Å². The highest BCUT2D eigenvalue weighted by Crippen LogP contribution is 2.14. The van der Waals surface area contributed by atoms with Crippen molar-refractivity contribution in [2.24, 2.45) is 5.73 Å². The molecule has 0 aliphatic carbocycles. The van der Waals surface area contributed by atoms with E-state index < -0.39 is 12.8 Å². The monoisotopic (exact) mass is 262 g/mol. The summed E-state index contributed by atoms with van der Waals surface area (Å²) in [5.41, 5.74) is 7.41. The summed E-state index contributed by atoms with van der Waals surface area (Å²) in [7, 11) is 0. The van der Waals surface area contributed by atoms with E-state index in [1.165, 1.54) is 0 Å². The van der Waals surface area contributed by atoms with Gasteiger partial charge < -0.3 is 15.8 Å². The largest absolute Gasteiger partial charge is 0.411 e. The fourth-order valence-corrected chi connectivity index (χ4v) is 1.41. The predicted molar refractivity (Wildman–Crippen MR) is 64.6 cm³/mol. The predicted octanol–water partition coefficient (Wildman–Crippen LogP) is 2.18. The Bertz CT molecular complexity index is 338. The number of rotatable bonds is 7. The number of alkyl halides is 3. The summed E-state index contributed by atoms with van der Waals surface area (Å²) < 4.78 is 39.8. The first kappa shape index (κ1) is 14.8. The molecular weight excluding hydrogens is 245 g/mol. The maximum atomic E-state index is 11.8. The van der Waals surface area contributed by atoms with Gasteiger partial charge >= 0.3 is 6.18 Å². The van der Waals surface area contributed by atoms with Crippen molar-refractivity contribution in [3.8, 4) is 0 Å². The van der Waals surface area contributed by atoms with Crippen molar-refractivity contribution in [3.05, 3.63) is 29.8 Å². The molecule has 0 unspecified atom stereocenters. The second-order valence-electron chi connectivity index (χ2n) is 3.83. The fraction of sp³-hybridized carbons (Fsp3) is 0.500. The van der Waals surface area contributed by atoms with Crippen molar-refractivity contribution >= 4 is 5.69 Å². The number of hydrogen-bond donors (Lipinski definition) is 2. The lowest BCUT2D eigenvalue weighted by atomic mass is 10.1. The zero-order chi connectivity index (χ0) is 13.4. The van der Waals surface area contributed by atoms with Crippen LogP contribution in [0.2, 0.25) is 0 Å². The van der Waals surface area contributed by atoms with E-state index in [-0.39, 0.29) is 6.61 Å². The third-order valence-corrected chi connectivity index (χ3v) is 2.23. The van der Waals surface area contributed by atoms with Gasteiger partial charge in [0.25, 0.3) is 0 Å². The molecule has 3 nitrogen and oxygen atoms in total. The lowest BCUT2D eigenvalue weighted by Gasteiger charge is -2.09. The highest BCUT2D eigenvalue weighted by Gasteiger charge is 2.27. The van der Waals surface area contributed by atoms with Gasteiger partial charge in [0, 0.05) is 12.2 Å². The van der Waals surface area contributed by atoms with Gasteiger partial charge in [-0.15, -0.1) is 0 Å². The molecule has 1 aromatic carbocycles. The minimum atomic E-state index is -4.26. The normalized spacial score (nSPS) is 11.6. The van der Waals surface area contributed by atoms with Crippen LogP contribution >= 0.6 is 0 Å². The number of hydrogen-bond acceptors (Lipinski definition) is 3. The first-order valence-electron chi connectivity index (χ1n) is 5.68. The Hall–Kier alpha value is -1.27. The minimum absolute atomic E-state index is 0.0179. The molecule has 0 aromatic heterocycles. The number of benzene rings is 1. The Kier molecular flexibility index (Phi) is 5.94. The first-order valence-corrected chi connectivity index (χ1v) is 5.68. The van der Waals surface area contributed by atoms with Crippen LogP contribution in [0.25, 0.3) is 0 Å². The Morgan fingerprint density at radius 1 is 1.17 bits per heavy atom. The molecule has 0 saturated heterocycles.